The van der Waals surface area contributed by atoms with E-state index in [-0.39, 0.29) is 11.8 Å². The van der Waals surface area contributed by atoms with Gasteiger partial charge in [-0.1, -0.05) is 12.1 Å². The van der Waals surface area contributed by atoms with E-state index in [1.165, 1.54) is 12.3 Å². The van der Waals surface area contributed by atoms with Gasteiger partial charge in [0.05, 0.1) is 11.9 Å². The topological polar surface area (TPSA) is 63.2 Å². The third kappa shape index (κ3) is 5.45. The Morgan fingerprint density at radius 3 is 2.42 bits per heavy atom. The molecule has 1 aromatic heterocycles. The number of carbonyl (C=O) groups excluding carboxylic acids is 1. The molecule has 2 N–H and O–H groups in total. The molecule has 0 aliphatic rings. The first-order valence-electron chi connectivity index (χ1n) is 7.08. The van der Waals surface area contributed by atoms with Crippen molar-refractivity contribution in [3.05, 3.63) is 53.7 Å². The largest absolute Gasteiger partial charge is 0.468 e. The van der Waals surface area contributed by atoms with Gasteiger partial charge in [0.1, 0.15) is 0 Å². The Kier molecular flexibility index (Phi) is 5.62. The molecule has 128 valence electrons. The molecule has 0 unspecified atom stereocenters. The zero-order valence-electron chi connectivity index (χ0n) is 12.9. The molecule has 0 saturated heterocycles. The molecule has 0 saturated carbocycles. The van der Waals surface area contributed by atoms with Gasteiger partial charge in [0, 0.05) is 25.2 Å². The number of hydrogen-bond acceptors (Lipinski definition) is 4. The molecule has 5 nitrogen and oxygen atoms in total. The van der Waals surface area contributed by atoms with E-state index >= 15 is 0 Å². The van der Waals surface area contributed by atoms with Crippen molar-refractivity contribution in [1.29, 1.82) is 0 Å². The van der Waals surface area contributed by atoms with Gasteiger partial charge in [0.25, 0.3) is 5.91 Å². The van der Waals surface area contributed by atoms with Crippen LogP contribution in [0.2, 0.25) is 0 Å². The Hall–Kier alpha value is -2.77. The van der Waals surface area contributed by atoms with Crippen molar-refractivity contribution in [2.24, 2.45) is 0 Å². The molecule has 0 aliphatic heterocycles. The summed E-state index contributed by atoms with van der Waals surface area (Å²) in [5, 5.41) is 5.62. The van der Waals surface area contributed by atoms with Crippen LogP contribution < -0.4 is 15.4 Å². The van der Waals surface area contributed by atoms with Gasteiger partial charge in [0.15, 0.2) is 6.61 Å². The van der Waals surface area contributed by atoms with Crippen molar-refractivity contribution < 1.29 is 22.7 Å². The third-order valence-corrected chi connectivity index (χ3v) is 3.06. The number of anilines is 1. The van der Waals surface area contributed by atoms with E-state index in [1.54, 1.807) is 25.2 Å². The number of carbonyl (C=O) groups is 1. The Labute approximate surface area is 136 Å². The van der Waals surface area contributed by atoms with Gasteiger partial charge in [-0.05, 0) is 23.8 Å². The predicted molar refractivity (Wildman–Crippen MR) is 82.9 cm³/mol. The minimum absolute atomic E-state index is 0.0900. The second-order valence-electron chi connectivity index (χ2n) is 4.92. The summed E-state index contributed by atoms with van der Waals surface area (Å²) in [5.74, 6) is -0.249. The fraction of sp³-hybridized carbons (Fsp3) is 0.250. The van der Waals surface area contributed by atoms with Gasteiger partial charge in [-0.25, -0.2) is 4.98 Å². The minimum atomic E-state index is -4.39. The van der Waals surface area contributed by atoms with E-state index in [1.807, 2.05) is 12.1 Å². The number of nitrogens with one attached hydrogen (secondary N) is 2. The van der Waals surface area contributed by atoms with Gasteiger partial charge in [-0.15, -0.1) is 0 Å². The molecule has 0 spiro atoms. The Morgan fingerprint density at radius 1 is 1.17 bits per heavy atom. The summed E-state index contributed by atoms with van der Waals surface area (Å²) >= 11 is 0. The van der Waals surface area contributed by atoms with Crippen LogP contribution in [0.1, 0.15) is 15.9 Å². The summed E-state index contributed by atoms with van der Waals surface area (Å²) in [5.41, 5.74) is 2.15. The zero-order valence-corrected chi connectivity index (χ0v) is 12.9. The fourth-order valence-electron chi connectivity index (χ4n) is 1.85. The lowest BCUT2D eigenvalue weighted by molar-refractivity contribution is -0.154. The van der Waals surface area contributed by atoms with E-state index in [4.69, 9.17) is 0 Å². The second-order valence-corrected chi connectivity index (χ2v) is 4.92. The number of halogens is 3. The minimum Gasteiger partial charge on any atom is -0.468 e. The van der Waals surface area contributed by atoms with Crippen LogP contribution in [-0.4, -0.2) is 30.7 Å². The zero-order chi connectivity index (χ0) is 17.6. The Balaban J connectivity index is 1.87. The fourth-order valence-corrected chi connectivity index (χ4v) is 1.85. The highest BCUT2D eigenvalue weighted by Crippen LogP contribution is 2.18. The molecule has 1 aromatic carbocycles. The monoisotopic (exact) mass is 339 g/mol. The standard InChI is InChI=1S/C16H16F3N3O2/c1-20-15(23)12-4-2-11(3-5-12)8-21-13-6-7-14(22-9-13)24-10-16(17,18)19/h2-7,9,21H,8,10H2,1H3,(H,20,23). The average molecular weight is 339 g/mol. The smallest absolute Gasteiger partial charge is 0.422 e. The maximum atomic E-state index is 12.0. The first-order chi connectivity index (χ1) is 11.4. The van der Waals surface area contributed by atoms with Gasteiger partial charge < -0.3 is 15.4 Å². The highest BCUT2D eigenvalue weighted by molar-refractivity contribution is 5.93. The molecule has 0 radical (unpaired) electrons. The third-order valence-electron chi connectivity index (χ3n) is 3.06. The van der Waals surface area contributed by atoms with Crippen molar-refractivity contribution in [2.75, 3.05) is 19.0 Å². The summed E-state index contributed by atoms with van der Waals surface area (Å²) < 4.78 is 40.7. The molecule has 2 aromatic rings. The normalized spacial score (nSPS) is 11.0. The SMILES string of the molecule is CNC(=O)c1ccc(CNc2ccc(OCC(F)(F)F)nc2)cc1. The maximum Gasteiger partial charge on any atom is 0.422 e. The van der Waals surface area contributed by atoms with Crippen molar-refractivity contribution in [2.45, 2.75) is 12.7 Å². The molecule has 1 amide bonds. The van der Waals surface area contributed by atoms with Crippen LogP contribution in [0.25, 0.3) is 0 Å². The van der Waals surface area contributed by atoms with E-state index in [2.05, 4.69) is 20.4 Å². The summed E-state index contributed by atoms with van der Waals surface area (Å²) in [6.07, 6.45) is -3.00. The number of aromatic nitrogens is 1. The highest BCUT2D eigenvalue weighted by atomic mass is 19.4. The molecule has 0 bridgehead atoms. The van der Waals surface area contributed by atoms with Crippen LogP contribution in [0, 0.1) is 0 Å². The van der Waals surface area contributed by atoms with Crippen LogP contribution in [0.4, 0.5) is 18.9 Å². The van der Waals surface area contributed by atoms with Gasteiger partial charge in [-0.2, -0.15) is 13.2 Å². The van der Waals surface area contributed by atoms with Crippen molar-refractivity contribution in [3.63, 3.8) is 0 Å². The molecule has 0 aliphatic carbocycles. The van der Waals surface area contributed by atoms with Gasteiger partial charge in [0.2, 0.25) is 5.88 Å². The summed E-state index contributed by atoms with van der Waals surface area (Å²) in [4.78, 5) is 15.2. The number of alkyl halides is 3. The predicted octanol–water partition coefficient (Wildman–Crippen LogP) is 2.99. The van der Waals surface area contributed by atoms with Crippen molar-refractivity contribution >= 4 is 11.6 Å². The quantitative estimate of drug-likeness (QED) is 0.849. The van der Waals surface area contributed by atoms with Gasteiger partial charge >= 0.3 is 6.18 Å². The highest BCUT2D eigenvalue weighted by Gasteiger charge is 2.28. The molecule has 8 heteroatoms. The van der Waals surface area contributed by atoms with E-state index < -0.39 is 12.8 Å². The number of hydrogen-bond donors (Lipinski definition) is 2. The molecule has 0 atom stereocenters. The number of pyridine rings is 1. The van der Waals surface area contributed by atoms with Crippen LogP contribution in [-0.2, 0) is 6.54 Å². The van der Waals surface area contributed by atoms with E-state index in [9.17, 15) is 18.0 Å². The lowest BCUT2D eigenvalue weighted by Gasteiger charge is -2.10. The molecule has 2 rings (SSSR count). The van der Waals surface area contributed by atoms with E-state index in [0.29, 0.717) is 17.8 Å². The Morgan fingerprint density at radius 2 is 1.88 bits per heavy atom. The van der Waals surface area contributed by atoms with Crippen LogP contribution in [0.5, 0.6) is 5.88 Å². The van der Waals surface area contributed by atoms with Crippen LogP contribution in [0.15, 0.2) is 42.6 Å². The first-order valence-corrected chi connectivity index (χ1v) is 7.08. The maximum absolute atomic E-state index is 12.0. The van der Waals surface area contributed by atoms with Crippen LogP contribution in [0.3, 0.4) is 0 Å². The lowest BCUT2D eigenvalue weighted by Crippen LogP contribution is -2.19. The second kappa shape index (κ2) is 7.67. The summed E-state index contributed by atoms with van der Waals surface area (Å²) in [6.45, 7) is -0.886. The van der Waals surface area contributed by atoms with Crippen molar-refractivity contribution in [3.8, 4) is 5.88 Å². The molecular weight excluding hydrogens is 323 g/mol. The lowest BCUT2D eigenvalue weighted by atomic mass is 10.1. The number of benzene rings is 1. The molecule has 24 heavy (non-hydrogen) atoms. The number of ether oxygens (including phenoxy) is 1. The van der Waals surface area contributed by atoms with Crippen molar-refractivity contribution in [1.82, 2.24) is 10.3 Å². The summed E-state index contributed by atoms with van der Waals surface area (Å²) in [6, 6.07) is 9.99. The summed E-state index contributed by atoms with van der Waals surface area (Å²) in [7, 11) is 1.56. The first kappa shape index (κ1) is 17.6. The molecule has 0 fully saturated rings. The average Bonchev–Trinajstić information content (AvgIpc) is 2.58. The van der Waals surface area contributed by atoms with Crippen LogP contribution >= 0.6 is 0 Å². The van der Waals surface area contributed by atoms with Gasteiger partial charge in [-0.3, -0.25) is 4.79 Å². The number of rotatable bonds is 6. The Bertz CT molecular complexity index is 670. The van der Waals surface area contributed by atoms with E-state index in [0.717, 1.165) is 5.56 Å². The molecular formula is C16H16F3N3O2. The number of nitrogens with zero attached hydrogens (tertiary/aromatic N) is 1. The number of amides is 1. The molecule has 1 heterocycles.